The highest BCUT2D eigenvalue weighted by Crippen LogP contribution is 2.03. The van der Waals surface area contributed by atoms with Crippen LogP contribution in [-0.2, 0) is 9.47 Å². The summed E-state index contributed by atoms with van der Waals surface area (Å²) in [7, 11) is 1.51. The van der Waals surface area contributed by atoms with Crippen LogP contribution < -0.4 is 5.32 Å². The number of carbonyl (C=O) groups is 1. The van der Waals surface area contributed by atoms with Gasteiger partial charge in [0, 0.05) is 12.6 Å². The zero-order chi connectivity index (χ0) is 10.5. The van der Waals surface area contributed by atoms with Crippen LogP contribution in [0, 0.1) is 0 Å². The Bertz CT molecular complexity index is 163. The van der Waals surface area contributed by atoms with Gasteiger partial charge in [-0.1, -0.05) is 22.6 Å². The van der Waals surface area contributed by atoms with E-state index < -0.39 is 12.4 Å². The van der Waals surface area contributed by atoms with E-state index >= 15 is 0 Å². The van der Waals surface area contributed by atoms with Crippen LogP contribution in [0.25, 0.3) is 0 Å². The molecule has 4 nitrogen and oxygen atoms in total. The summed E-state index contributed by atoms with van der Waals surface area (Å²) in [5.41, 5.74) is -0.277. The van der Waals surface area contributed by atoms with Crippen LogP contribution in [-0.4, -0.2) is 29.5 Å². The van der Waals surface area contributed by atoms with Gasteiger partial charge in [-0.05, 0) is 20.8 Å². The van der Waals surface area contributed by atoms with E-state index in [1.54, 1.807) is 0 Å². The molecule has 1 N–H and O–H groups in total. The summed E-state index contributed by atoms with van der Waals surface area (Å²) in [6.45, 7) is 5.67. The normalized spacial score (nSPS) is 13.6. The molecular weight excluding hydrogens is 285 g/mol. The van der Waals surface area contributed by atoms with Gasteiger partial charge in [-0.15, -0.1) is 0 Å². The summed E-state index contributed by atoms with van der Waals surface area (Å²) in [5.74, 6) is 0. The van der Waals surface area contributed by atoms with Crippen molar-refractivity contribution in [1.82, 2.24) is 5.32 Å². The van der Waals surface area contributed by atoms with Crippen molar-refractivity contribution in [3.8, 4) is 0 Å². The van der Waals surface area contributed by atoms with Crippen LogP contribution in [0.2, 0.25) is 0 Å². The van der Waals surface area contributed by atoms with E-state index in [9.17, 15) is 4.79 Å². The lowest BCUT2D eigenvalue weighted by molar-refractivity contribution is -0.0635. The van der Waals surface area contributed by atoms with E-state index in [-0.39, 0.29) is 5.54 Å². The number of alkyl halides is 1. The van der Waals surface area contributed by atoms with Crippen LogP contribution in [0.15, 0.2) is 0 Å². The quantitative estimate of drug-likeness (QED) is 0.492. The number of methoxy groups -OCH3 is 1. The molecule has 5 heteroatoms. The van der Waals surface area contributed by atoms with Gasteiger partial charge >= 0.3 is 6.09 Å². The molecule has 0 radical (unpaired) electrons. The van der Waals surface area contributed by atoms with Crippen molar-refractivity contribution in [3.05, 3.63) is 0 Å². The SMILES string of the molecule is CO[C@H](CI)OC(=O)NC(C)(C)C. The minimum Gasteiger partial charge on any atom is -0.419 e. The number of halogens is 1. The number of rotatable bonds is 3. The van der Waals surface area contributed by atoms with Crippen molar-refractivity contribution < 1.29 is 14.3 Å². The first-order valence-electron chi connectivity index (χ1n) is 3.96. The summed E-state index contributed by atoms with van der Waals surface area (Å²) in [6.07, 6.45) is -0.918. The lowest BCUT2D eigenvalue weighted by atomic mass is 10.1. The Kier molecular flexibility index (Phi) is 5.62. The summed E-state index contributed by atoms with van der Waals surface area (Å²) < 4.78 is 10.5. The van der Waals surface area contributed by atoms with E-state index in [0.29, 0.717) is 4.43 Å². The van der Waals surface area contributed by atoms with E-state index in [0.717, 1.165) is 0 Å². The number of hydrogen-bond donors (Lipinski definition) is 1. The Morgan fingerprint density at radius 2 is 2.08 bits per heavy atom. The van der Waals surface area contributed by atoms with Crippen molar-refractivity contribution >= 4 is 28.7 Å². The maximum absolute atomic E-state index is 11.2. The molecule has 0 unspecified atom stereocenters. The first-order valence-corrected chi connectivity index (χ1v) is 5.49. The van der Waals surface area contributed by atoms with Crippen LogP contribution in [0.3, 0.4) is 0 Å². The molecule has 0 aromatic carbocycles. The van der Waals surface area contributed by atoms with Crippen LogP contribution in [0.1, 0.15) is 20.8 Å². The predicted octanol–water partition coefficient (Wildman–Crippen LogP) is 1.92. The molecule has 0 aliphatic heterocycles. The molecule has 1 amide bonds. The summed E-state index contributed by atoms with van der Waals surface area (Å²) in [6, 6.07) is 0. The van der Waals surface area contributed by atoms with Crippen molar-refractivity contribution in [3.63, 3.8) is 0 Å². The summed E-state index contributed by atoms with van der Waals surface area (Å²) in [4.78, 5) is 11.2. The van der Waals surface area contributed by atoms with Crippen molar-refractivity contribution in [2.24, 2.45) is 0 Å². The third-order valence-corrected chi connectivity index (χ3v) is 1.82. The van der Waals surface area contributed by atoms with Gasteiger partial charge in [-0.2, -0.15) is 0 Å². The molecule has 0 aliphatic carbocycles. The fourth-order valence-electron chi connectivity index (χ4n) is 0.598. The highest BCUT2D eigenvalue weighted by atomic mass is 127. The second-order valence-corrected chi connectivity index (χ2v) is 4.48. The Morgan fingerprint density at radius 3 is 2.38 bits per heavy atom. The number of alkyl carbamates (subject to hydrolysis) is 1. The summed E-state index contributed by atoms with van der Waals surface area (Å²) in [5, 5.41) is 2.67. The molecule has 0 spiro atoms. The van der Waals surface area contributed by atoms with Crippen molar-refractivity contribution in [1.29, 1.82) is 0 Å². The van der Waals surface area contributed by atoms with E-state index in [4.69, 9.17) is 9.47 Å². The molecular formula is C8H16INO3. The third kappa shape index (κ3) is 7.06. The third-order valence-electron chi connectivity index (χ3n) is 1.10. The molecule has 0 fully saturated rings. The topological polar surface area (TPSA) is 47.6 Å². The van der Waals surface area contributed by atoms with E-state index in [1.807, 2.05) is 20.8 Å². The highest BCUT2D eigenvalue weighted by Gasteiger charge is 2.17. The minimum atomic E-state index is -0.469. The van der Waals surface area contributed by atoms with Gasteiger partial charge in [0.1, 0.15) is 0 Å². The molecule has 0 aromatic heterocycles. The molecule has 0 saturated heterocycles. The second-order valence-electron chi connectivity index (χ2n) is 3.60. The van der Waals surface area contributed by atoms with Gasteiger partial charge < -0.3 is 14.8 Å². The van der Waals surface area contributed by atoms with Gasteiger partial charge in [0.15, 0.2) is 0 Å². The Labute approximate surface area is 92.5 Å². The smallest absolute Gasteiger partial charge is 0.409 e. The fourth-order valence-corrected chi connectivity index (χ4v) is 1.14. The monoisotopic (exact) mass is 301 g/mol. The molecule has 1 atom stereocenters. The average molecular weight is 301 g/mol. The molecule has 13 heavy (non-hydrogen) atoms. The van der Waals surface area contributed by atoms with Gasteiger partial charge in [-0.3, -0.25) is 0 Å². The molecule has 0 aliphatic rings. The first kappa shape index (κ1) is 13.0. The molecule has 0 bridgehead atoms. The maximum Gasteiger partial charge on any atom is 0.409 e. The number of carbonyl (C=O) groups excluding carboxylic acids is 1. The van der Waals surface area contributed by atoms with Crippen LogP contribution >= 0.6 is 22.6 Å². The molecule has 0 saturated carbocycles. The zero-order valence-corrected chi connectivity index (χ0v) is 10.5. The maximum atomic E-state index is 11.2. The lowest BCUT2D eigenvalue weighted by Crippen LogP contribution is -2.42. The number of amides is 1. The Balaban J connectivity index is 3.86. The largest absolute Gasteiger partial charge is 0.419 e. The molecule has 0 heterocycles. The van der Waals surface area contributed by atoms with Crippen molar-refractivity contribution in [2.75, 3.05) is 11.5 Å². The number of ether oxygens (including phenoxy) is 2. The number of nitrogens with one attached hydrogen (secondary N) is 1. The zero-order valence-electron chi connectivity index (χ0n) is 8.39. The Morgan fingerprint density at radius 1 is 1.54 bits per heavy atom. The van der Waals surface area contributed by atoms with Gasteiger partial charge in [0.2, 0.25) is 6.29 Å². The predicted molar refractivity (Wildman–Crippen MR) is 59.1 cm³/mol. The fraction of sp³-hybridized carbons (Fsp3) is 0.875. The highest BCUT2D eigenvalue weighted by molar-refractivity contribution is 14.1. The van der Waals surface area contributed by atoms with Crippen molar-refractivity contribution in [2.45, 2.75) is 32.6 Å². The summed E-state index contributed by atoms with van der Waals surface area (Å²) >= 11 is 2.09. The minimum absolute atomic E-state index is 0.277. The molecule has 0 rings (SSSR count). The van der Waals surface area contributed by atoms with Gasteiger partial charge in [0.25, 0.3) is 0 Å². The van der Waals surface area contributed by atoms with Gasteiger partial charge in [0.05, 0.1) is 4.43 Å². The lowest BCUT2D eigenvalue weighted by Gasteiger charge is -2.22. The standard InChI is InChI=1S/C8H16INO3/c1-8(2,3)10-7(11)13-6(5-9)12-4/h6H,5H2,1-4H3,(H,10,11)/t6-/m0/s1. The second kappa shape index (κ2) is 5.64. The average Bonchev–Trinajstić information content (AvgIpc) is 1.96. The van der Waals surface area contributed by atoms with Gasteiger partial charge in [-0.25, -0.2) is 4.79 Å². The van der Waals surface area contributed by atoms with E-state index in [2.05, 4.69) is 27.9 Å². The molecule has 0 aromatic rings. The van der Waals surface area contributed by atoms with Crippen LogP contribution in [0.4, 0.5) is 4.79 Å². The Hall–Kier alpha value is -0.0400. The first-order chi connectivity index (χ1) is 5.89. The van der Waals surface area contributed by atoms with E-state index in [1.165, 1.54) is 7.11 Å². The van der Waals surface area contributed by atoms with Crippen LogP contribution in [0.5, 0.6) is 0 Å². The molecule has 78 valence electrons. The number of hydrogen-bond acceptors (Lipinski definition) is 3.